The van der Waals surface area contributed by atoms with E-state index in [1.807, 2.05) is 60.7 Å². The molecule has 2 aromatic carbocycles. The lowest BCUT2D eigenvalue weighted by molar-refractivity contribution is -0.137. The molecule has 1 fully saturated rings. The van der Waals surface area contributed by atoms with Gasteiger partial charge in [0.25, 0.3) is 11.8 Å². The van der Waals surface area contributed by atoms with Crippen molar-refractivity contribution in [3.63, 3.8) is 0 Å². The number of carbonyl (C=O) groups is 2. The fourth-order valence-electron chi connectivity index (χ4n) is 5.45. The number of nitrogens with one attached hydrogen (secondary N) is 3. The van der Waals surface area contributed by atoms with Crippen molar-refractivity contribution in [3.05, 3.63) is 83.9 Å². The average molecular weight is 681 g/mol. The van der Waals surface area contributed by atoms with Crippen LogP contribution in [0.2, 0.25) is 0 Å². The van der Waals surface area contributed by atoms with Crippen LogP contribution >= 0.6 is 0 Å². The third kappa shape index (κ3) is 7.79. The van der Waals surface area contributed by atoms with E-state index in [1.54, 1.807) is 6.92 Å². The van der Waals surface area contributed by atoms with E-state index in [0.717, 1.165) is 17.4 Å². The van der Waals surface area contributed by atoms with Crippen LogP contribution < -0.4 is 16.0 Å². The van der Waals surface area contributed by atoms with Gasteiger partial charge in [-0.15, -0.1) is 0 Å². The van der Waals surface area contributed by atoms with Crippen LogP contribution in [-0.4, -0.2) is 112 Å². The maximum absolute atomic E-state index is 13.3. The molecular formula is C32H40N8O7S. The molecule has 0 radical (unpaired) electrons. The van der Waals surface area contributed by atoms with E-state index >= 15 is 0 Å². The summed E-state index contributed by atoms with van der Waals surface area (Å²) in [6, 6.07) is 19.8. The molecule has 2 amide bonds. The zero-order chi connectivity index (χ0) is 34.4. The lowest BCUT2D eigenvalue weighted by atomic mass is 9.91. The van der Waals surface area contributed by atoms with E-state index in [2.05, 4.69) is 30.9 Å². The molecule has 5 N–H and O–H groups in total. The number of fused-ring (bicyclic) bond motifs is 1. The van der Waals surface area contributed by atoms with Crippen molar-refractivity contribution in [1.82, 2.24) is 34.5 Å². The summed E-state index contributed by atoms with van der Waals surface area (Å²) in [4.78, 5) is 39.3. The molecule has 0 bridgehead atoms. The highest BCUT2D eigenvalue weighted by Crippen LogP contribution is 2.33. The zero-order valence-electron chi connectivity index (χ0n) is 26.9. The van der Waals surface area contributed by atoms with E-state index in [0.29, 0.717) is 19.5 Å². The number of anilines is 1. The summed E-state index contributed by atoms with van der Waals surface area (Å²) in [5.74, 6) is -1.28. The van der Waals surface area contributed by atoms with Gasteiger partial charge in [0.1, 0.15) is 12.2 Å². The number of amides is 2. The number of aliphatic hydroxyl groups is 2. The van der Waals surface area contributed by atoms with Gasteiger partial charge in [0.15, 0.2) is 29.3 Å². The van der Waals surface area contributed by atoms with Crippen molar-refractivity contribution >= 4 is 38.8 Å². The van der Waals surface area contributed by atoms with E-state index in [9.17, 15) is 28.2 Å². The van der Waals surface area contributed by atoms with Crippen LogP contribution in [0, 0.1) is 0 Å². The molecule has 0 aliphatic carbocycles. The highest BCUT2D eigenvalue weighted by atomic mass is 32.2. The van der Waals surface area contributed by atoms with Crippen LogP contribution in [-0.2, 0) is 19.6 Å². The average Bonchev–Trinajstić information content (AvgIpc) is 3.63. The maximum atomic E-state index is 13.3. The van der Waals surface area contributed by atoms with Crippen molar-refractivity contribution < 1.29 is 33.0 Å². The number of imidazole rings is 1. The third-order valence-corrected chi connectivity index (χ3v) is 9.44. The minimum absolute atomic E-state index is 0.100. The summed E-state index contributed by atoms with van der Waals surface area (Å²) in [6.45, 7) is 2.74. The summed E-state index contributed by atoms with van der Waals surface area (Å²) in [5, 5.41) is 30.2. The molecule has 5 rings (SSSR count). The first kappa shape index (κ1) is 34.8. The standard InChI is InChI=1S/C32H40N8O7S/c1-4-33-30(43)26-24(41)25(42)32(47-26)40-19-36-23-27(35-18-22(20-12-7-5-8-13-20)21-14-9-6-10-15-21)37-28(38-29(23)40)31(44)34-16-11-17-39(2)48(3,45)46/h5-10,12-15,19,22,24-26,32,41-42H,4,11,16-18H2,1-3H3,(H,33,43)(H,34,44)(H,35,37,38)/t24-,25+,26-,32+/m0/s1. The number of sulfonamides is 1. The van der Waals surface area contributed by atoms with Crippen molar-refractivity contribution in [3.8, 4) is 0 Å². The highest BCUT2D eigenvalue weighted by molar-refractivity contribution is 7.88. The first-order valence-electron chi connectivity index (χ1n) is 15.6. The molecule has 4 atom stereocenters. The number of aromatic nitrogens is 4. The van der Waals surface area contributed by atoms with Gasteiger partial charge in [0.2, 0.25) is 15.8 Å². The number of hydrogen-bond donors (Lipinski definition) is 5. The minimum atomic E-state index is -3.36. The topological polar surface area (TPSA) is 201 Å². The number of rotatable bonds is 14. The quantitative estimate of drug-likeness (QED) is 0.118. The second-order valence-electron chi connectivity index (χ2n) is 11.5. The monoisotopic (exact) mass is 680 g/mol. The van der Waals surface area contributed by atoms with Gasteiger partial charge < -0.3 is 30.9 Å². The molecule has 48 heavy (non-hydrogen) atoms. The molecule has 1 saturated heterocycles. The van der Waals surface area contributed by atoms with Crippen molar-refractivity contribution in [1.29, 1.82) is 0 Å². The van der Waals surface area contributed by atoms with E-state index in [4.69, 9.17) is 4.74 Å². The summed E-state index contributed by atoms with van der Waals surface area (Å²) in [6.07, 6.45) is -2.82. The first-order valence-corrected chi connectivity index (χ1v) is 17.4. The largest absolute Gasteiger partial charge is 0.387 e. The lowest BCUT2D eigenvalue weighted by Gasteiger charge is -2.20. The minimum Gasteiger partial charge on any atom is -0.387 e. The van der Waals surface area contributed by atoms with Crippen molar-refractivity contribution in [2.45, 2.75) is 43.8 Å². The molecular weight excluding hydrogens is 640 g/mol. The lowest BCUT2D eigenvalue weighted by Crippen LogP contribution is -2.42. The van der Waals surface area contributed by atoms with Gasteiger partial charge >= 0.3 is 0 Å². The van der Waals surface area contributed by atoms with Crippen LogP contribution in [0.3, 0.4) is 0 Å². The van der Waals surface area contributed by atoms with Crippen LogP contribution in [0.4, 0.5) is 5.82 Å². The summed E-state index contributed by atoms with van der Waals surface area (Å²) in [7, 11) is -1.91. The number of likely N-dealkylation sites (N-methyl/N-ethyl adjacent to an activating group) is 1. The number of benzene rings is 2. The SMILES string of the molecule is CCNC(=O)[C@H]1O[C@@H](n2cnc3c(NCC(c4ccccc4)c4ccccc4)nc(C(=O)NCCCN(C)S(C)(=O)=O)nc32)[C@H](O)[C@@H]1O. The van der Waals surface area contributed by atoms with Gasteiger partial charge in [-0.1, -0.05) is 60.7 Å². The summed E-state index contributed by atoms with van der Waals surface area (Å²) in [5.41, 5.74) is 2.50. The van der Waals surface area contributed by atoms with Crippen LogP contribution in [0.5, 0.6) is 0 Å². The van der Waals surface area contributed by atoms with Gasteiger partial charge in [-0.3, -0.25) is 14.2 Å². The Morgan fingerprint density at radius 3 is 2.25 bits per heavy atom. The zero-order valence-corrected chi connectivity index (χ0v) is 27.7. The molecule has 0 spiro atoms. The maximum Gasteiger partial charge on any atom is 0.289 e. The Balaban J connectivity index is 1.47. The molecule has 15 nitrogen and oxygen atoms in total. The Kier molecular flexibility index (Phi) is 11.0. The molecule has 16 heteroatoms. The Bertz CT molecular complexity index is 1780. The van der Waals surface area contributed by atoms with Crippen LogP contribution in [0.15, 0.2) is 67.0 Å². The van der Waals surface area contributed by atoms with Crippen molar-refractivity contribution in [2.24, 2.45) is 0 Å². The molecule has 0 saturated carbocycles. The molecule has 0 unspecified atom stereocenters. The summed E-state index contributed by atoms with van der Waals surface area (Å²) >= 11 is 0. The fraction of sp³-hybridized carbons (Fsp3) is 0.406. The van der Waals surface area contributed by atoms with Gasteiger partial charge in [-0.2, -0.15) is 0 Å². The van der Waals surface area contributed by atoms with Gasteiger partial charge in [-0.05, 0) is 24.5 Å². The Morgan fingerprint density at radius 1 is 1.00 bits per heavy atom. The van der Waals surface area contributed by atoms with E-state index < -0.39 is 46.4 Å². The molecule has 256 valence electrons. The number of nitrogens with zero attached hydrogens (tertiary/aromatic N) is 5. The molecule has 2 aromatic heterocycles. The molecule has 1 aliphatic heterocycles. The number of ether oxygens (including phenoxy) is 1. The van der Waals surface area contributed by atoms with Gasteiger partial charge in [0, 0.05) is 39.1 Å². The normalized spacial score (nSPS) is 19.6. The molecule has 4 aromatic rings. The predicted molar refractivity (Wildman–Crippen MR) is 178 cm³/mol. The predicted octanol–water partition coefficient (Wildman–Crippen LogP) is 0.837. The van der Waals surface area contributed by atoms with Crippen LogP contribution in [0.25, 0.3) is 11.2 Å². The summed E-state index contributed by atoms with van der Waals surface area (Å²) < 4.78 is 31.8. The number of hydrogen-bond acceptors (Lipinski definition) is 11. The number of carbonyl (C=O) groups excluding carboxylic acids is 2. The Labute approximate surface area is 278 Å². The number of aliphatic hydroxyl groups excluding tert-OH is 2. The molecule has 3 heterocycles. The van der Waals surface area contributed by atoms with Crippen molar-refractivity contribution in [2.75, 3.05) is 44.8 Å². The fourth-order valence-corrected chi connectivity index (χ4v) is 5.92. The Morgan fingerprint density at radius 2 is 1.65 bits per heavy atom. The Hall–Kier alpha value is -4.48. The van der Waals surface area contributed by atoms with Gasteiger partial charge in [-0.25, -0.2) is 27.7 Å². The van der Waals surface area contributed by atoms with E-state index in [1.165, 1.54) is 22.2 Å². The van der Waals surface area contributed by atoms with Gasteiger partial charge in [0.05, 0.1) is 12.6 Å². The smallest absolute Gasteiger partial charge is 0.289 e. The van der Waals surface area contributed by atoms with E-state index in [-0.39, 0.29) is 41.8 Å². The highest BCUT2D eigenvalue weighted by Gasteiger charge is 2.47. The third-order valence-electron chi connectivity index (χ3n) is 8.13. The first-order chi connectivity index (χ1) is 23.0. The molecule has 1 aliphatic rings. The second-order valence-corrected chi connectivity index (χ2v) is 13.6. The van der Waals surface area contributed by atoms with Crippen LogP contribution in [0.1, 0.15) is 47.2 Å². The second kappa shape index (κ2) is 15.2.